The third kappa shape index (κ3) is 5.15. The molecular formula is C23H29F2N9O. The number of amides is 1. The van der Waals surface area contributed by atoms with Gasteiger partial charge in [0, 0.05) is 56.5 Å². The largest absolute Gasteiger partial charge is 0.371 e. The van der Waals surface area contributed by atoms with Crippen LogP contribution in [0, 0.1) is 0 Å². The van der Waals surface area contributed by atoms with Crippen LogP contribution < -0.4 is 16.0 Å². The molecule has 1 fully saturated rings. The van der Waals surface area contributed by atoms with Crippen LogP contribution in [0.5, 0.6) is 0 Å². The number of rotatable bonds is 6. The van der Waals surface area contributed by atoms with Gasteiger partial charge in [0.1, 0.15) is 5.52 Å². The van der Waals surface area contributed by atoms with E-state index in [2.05, 4.69) is 43.0 Å². The number of halogens is 2. The Balaban J connectivity index is 0.000000271. The molecule has 0 radical (unpaired) electrons. The summed E-state index contributed by atoms with van der Waals surface area (Å²) in [6.45, 7) is 3.67. The standard InChI is InChI=1S/C16H16F2N8.C7H13NO/c1-19-14-13-10(3-5-25(13)24-16(20-2)23-14)11-4-6-26-15(22-11)9(8-21-26)7-12(17)18;1-6(9)8-7(2)4-3-5-7/h3-6,8,12H,7H2,1-2H3,(H2,19,20,23,24);3-5H2,1-2H3,(H,8,9). The quantitative estimate of drug-likeness (QED) is 0.384. The van der Waals surface area contributed by atoms with E-state index in [9.17, 15) is 13.6 Å². The van der Waals surface area contributed by atoms with Crippen molar-refractivity contribution in [3.8, 4) is 11.3 Å². The van der Waals surface area contributed by atoms with Crippen LogP contribution in [0.2, 0.25) is 0 Å². The van der Waals surface area contributed by atoms with Crippen LogP contribution in [-0.4, -0.2) is 61.2 Å². The molecule has 0 aromatic carbocycles. The van der Waals surface area contributed by atoms with Gasteiger partial charge in [0.25, 0.3) is 0 Å². The highest BCUT2D eigenvalue weighted by molar-refractivity contribution is 5.87. The average Bonchev–Trinajstić information content (AvgIpc) is 3.41. The van der Waals surface area contributed by atoms with E-state index in [-0.39, 0.29) is 17.9 Å². The van der Waals surface area contributed by atoms with Crippen molar-refractivity contribution in [3.05, 3.63) is 36.3 Å². The van der Waals surface area contributed by atoms with Crippen molar-refractivity contribution in [2.24, 2.45) is 0 Å². The zero-order valence-corrected chi connectivity index (χ0v) is 20.1. The molecule has 0 bridgehead atoms. The molecule has 0 atom stereocenters. The number of aromatic nitrogens is 6. The monoisotopic (exact) mass is 485 g/mol. The maximum Gasteiger partial charge on any atom is 0.242 e. The molecule has 10 nitrogen and oxygen atoms in total. The first kappa shape index (κ1) is 24.3. The third-order valence-electron chi connectivity index (χ3n) is 6.00. The molecule has 12 heteroatoms. The molecule has 3 N–H and O–H groups in total. The van der Waals surface area contributed by atoms with Crippen LogP contribution in [0.3, 0.4) is 0 Å². The first-order chi connectivity index (χ1) is 16.7. The van der Waals surface area contributed by atoms with Gasteiger partial charge >= 0.3 is 0 Å². The molecule has 0 spiro atoms. The Morgan fingerprint density at radius 1 is 1.14 bits per heavy atom. The second-order valence-corrected chi connectivity index (χ2v) is 8.75. The maximum atomic E-state index is 12.8. The predicted molar refractivity (Wildman–Crippen MR) is 130 cm³/mol. The van der Waals surface area contributed by atoms with Crippen molar-refractivity contribution in [1.82, 2.24) is 34.5 Å². The van der Waals surface area contributed by atoms with E-state index in [1.54, 1.807) is 44.0 Å². The highest BCUT2D eigenvalue weighted by atomic mass is 19.3. The Labute approximate surface area is 201 Å². The van der Waals surface area contributed by atoms with Crippen LogP contribution in [0.1, 0.15) is 38.7 Å². The van der Waals surface area contributed by atoms with E-state index in [0.29, 0.717) is 28.7 Å². The van der Waals surface area contributed by atoms with E-state index < -0.39 is 6.43 Å². The van der Waals surface area contributed by atoms with Crippen LogP contribution in [0.4, 0.5) is 20.5 Å². The summed E-state index contributed by atoms with van der Waals surface area (Å²) in [5.41, 5.74) is 3.15. The summed E-state index contributed by atoms with van der Waals surface area (Å²) in [6.07, 6.45) is 5.65. The smallest absolute Gasteiger partial charge is 0.242 e. The van der Waals surface area contributed by atoms with Crippen molar-refractivity contribution < 1.29 is 13.6 Å². The minimum absolute atomic E-state index is 0.0946. The molecule has 5 rings (SSSR count). The van der Waals surface area contributed by atoms with Crippen molar-refractivity contribution in [2.75, 3.05) is 24.7 Å². The molecule has 1 saturated carbocycles. The van der Waals surface area contributed by atoms with Gasteiger partial charge in [0.2, 0.25) is 18.3 Å². The average molecular weight is 486 g/mol. The number of fused-ring (bicyclic) bond motifs is 2. The lowest BCUT2D eigenvalue weighted by molar-refractivity contribution is -0.121. The Morgan fingerprint density at radius 2 is 1.89 bits per heavy atom. The molecule has 0 aliphatic heterocycles. The Bertz CT molecular complexity index is 1340. The highest BCUT2D eigenvalue weighted by Gasteiger charge is 2.31. The van der Waals surface area contributed by atoms with E-state index in [1.165, 1.54) is 17.1 Å². The summed E-state index contributed by atoms with van der Waals surface area (Å²) in [6, 6.07) is 3.65. The number of nitrogens with zero attached hydrogens (tertiary/aromatic N) is 6. The lowest BCUT2D eigenvalue weighted by atomic mass is 9.78. The molecular weight excluding hydrogens is 456 g/mol. The predicted octanol–water partition coefficient (Wildman–Crippen LogP) is 3.40. The van der Waals surface area contributed by atoms with Gasteiger partial charge < -0.3 is 16.0 Å². The van der Waals surface area contributed by atoms with Crippen LogP contribution in [0.15, 0.2) is 30.7 Å². The number of anilines is 2. The van der Waals surface area contributed by atoms with E-state index >= 15 is 0 Å². The molecule has 1 aliphatic carbocycles. The molecule has 0 unspecified atom stereocenters. The normalized spacial score (nSPS) is 14.4. The van der Waals surface area contributed by atoms with Gasteiger partial charge in [-0.2, -0.15) is 10.1 Å². The molecule has 0 saturated heterocycles. The molecule has 1 amide bonds. The van der Waals surface area contributed by atoms with Gasteiger partial charge in [-0.15, -0.1) is 5.10 Å². The molecule has 4 heterocycles. The van der Waals surface area contributed by atoms with Gasteiger partial charge in [0.05, 0.1) is 11.9 Å². The van der Waals surface area contributed by atoms with Crippen LogP contribution in [0.25, 0.3) is 22.4 Å². The summed E-state index contributed by atoms with van der Waals surface area (Å²) in [7, 11) is 3.51. The summed E-state index contributed by atoms with van der Waals surface area (Å²) in [5.74, 6) is 1.20. The zero-order valence-electron chi connectivity index (χ0n) is 20.1. The van der Waals surface area contributed by atoms with Gasteiger partial charge in [-0.25, -0.2) is 22.8 Å². The summed E-state index contributed by atoms with van der Waals surface area (Å²) in [5, 5.41) is 17.3. The third-order valence-corrected chi connectivity index (χ3v) is 6.00. The van der Waals surface area contributed by atoms with E-state index in [4.69, 9.17) is 0 Å². The van der Waals surface area contributed by atoms with Crippen molar-refractivity contribution in [1.29, 1.82) is 0 Å². The minimum atomic E-state index is -2.45. The summed E-state index contributed by atoms with van der Waals surface area (Å²) >= 11 is 0. The zero-order chi connectivity index (χ0) is 25.2. The molecule has 4 aromatic rings. The van der Waals surface area contributed by atoms with Crippen molar-refractivity contribution >= 4 is 28.8 Å². The number of carbonyl (C=O) groups excluding carboxylic acids is 1. The summed E-state index contributed by atoms with van der Waals surface area (Å²) in [4.78, 5) is 19.5. The van der Waals surface area contributed by atoms with Crippen LogP contribution >= 0.6 is 0 Å². The first-order valence-electron chi connectivity index (χ1n) is 11.4. The Morgan fingerprint density at radius 3 is 2.46 bits per heavy atom. The topological polar surface area (TPSA) is 114 Å². The van der Waals surface area contributed by atoms with Gasteiger partial charge in [-0.1, -0.05) is 0 Å². The van der Waals surface area contributed by atoms with Crippen molar-refractivity contribution in [3.63, 3.8) is 0 Å². The minimum Gasteiger partial charge on any atom is -0.371 e. The maximum absolute atomic E-state index is 12.8. The van der Waals surface area contributed by atoms with Crippen LogP contribution in [-0.2, 0) is 11.2 Å². The summed E-state index contributed by atoms with van der Waals surface area (Å²) < 4.78 is 28.7. The number of alkyl halides is 2. The second-order valence-electron chi connectivity index (χ2n) is 8.75. The molecule has 186 valence electrons. The fourth-order valence-corrected chi connectivity index (χ4v) is 4.15. The lowest BCUT2D eigenvalue weighted by Gasteiger charge is -2.38. The fraction of sp³-hybridized carbons (Fsp3) is 0.435. The van der Waals surface area contributed by atoms with E-state index in [1.807, 2.05) is 6.07 Å². The van der Waals surface area contributed by atoms with Crippen molar-refractivity contribution in [2.45, 2.75) is 51.5 Å². The van der Waals surface area contributed by atoms with E-state index in [0.717, 1.165) is 23.9 Å². The highest BCUT2D eigenvalue weighted by Crippen LogP contribution is 2.31. The number of hydrogen-bond acceptors (Lipinski definition) is 7. The fourth-order valence-electron chi connectivity index (χ4n) is 4.15. The molecule has 4 aromatic heterocycles. The number of carbonyl (C=O) groups is 1. The second kappa shape index (κ2) is 9.80. The molecule has 35 heavy (non-hydrogen) atoms. The van der Waals surface area contributed by atoms with Gasteiger partial charge in [-0.05, 0) is 38.3 Å². The number of hydrogen-bond donors (Lipinski definition) is 3. The van der Waals surface area contributed by atoms with Gasteiger partial charge in [-0.3, -0.25) is 4.79 Å². The Hall–Kier alpha value is -3.83. The molecule has 1 aliphatic rings. The van der Waals surface area contributed by atoms with Gasteiger partial charge in [0.15, 0.2) is 11.5 Å². The SMILES string of the molecule is CC(=O)NC1(C)CCC1.CNc1nc(NC)c2c(-c3ccn4ncc(CC(F)F)c4n3)ccn2n1. The number of nitrogens with one attached hydrogen (secondary N) is 3. The first-order valence-corrected chi connectivity index (χ1v) is 11.4. The Kier molecular flexibility index (Phi) is 6.81. The lowest BCUT2D eigenvalue weighted by Crippen LogP contribution is -2.50.